The summed E-state index contributed by atoms with van der Waals surface area (Å²) in [7, 11) is 1.67. The van der Waals surface area contributed by atoms with Crippen LogP contribution in [0.3, 0.4) is 0 Å². The molecule has 0 bridgehead atoms. The topological polar surface area (TPSA) is 9.23 Å². The van der Waals surface area contributed by atoms with E-state index in [1.807, 2.05) is 18.2 Å². The zero-order valence-electron chi connectivity index (χ0n) is 9.76. The average molecular weight is 304 g/mol. The van der Waals surface area contributed by atoms with Gasteiger partial charge in [0, 0.05) is 10.4 Å². The number of hydrogen-bond acceptors (Lipinski definition) is 1. The van der Waals surface area contributed by atoms with Crippen LogP contribution in [0.1, 0.15) is 19.4 Å². The van der Waals surface area contributed by atoms with E-state index in [2.05, 4.69) is 35.9 Å². The van der Waals surface area contributed by atoms with Crippen LogP contribution in [0.15, 0.2) is 28.2 Å². The molecular formula is C13H16BrClO. The minimum Gasteiger partial charge on any atom is -0.497 e. The number of methoxy groups -OCH3 is 1. The Labute approximate surface area is 111 Å². The van der Waals surface area contributed by atoms with Crippen molar-refractivity contribution in [1.82, 2.24) is 0 Å². The Morgan fingerprint density at radius 3 is 2.69 bits per heavy atom. The first kappa shape index (κ1) is 13.6. The molecule has 0 heterocycles. The Morgan fingerprint density at radius 1 is 1.50 bits per heavy atom. The number of ether oxygens (including phenoxy) is 1. The van der Waals surface area contributed by atoms with Gasteiger partial charge in [0.1, 0.15) is 5.75 Å². The molecule has 0 unspecified atom stereocenters. The Kier molecular flexibility index (Phi) is 5.36. The van der Waals surface area contributed by atoms with Gasteiger partial charge in [-0.3, -0.25) is 0 Å². The molecule has 1 aromatic rings. The van der Waals surface area contributed by atoms with Crippen LogP contribution in [0.2, 0.25) is 0 Å². The smallest absolute Gasteiger partial charge is 0.119 e. The van der Waals surface area contributed by atoms with Crippen molar-refractivity contribution in [2.24, 2.45) is 5.92 Å². The molecule has 0 amide bonds. The van der Waals surface area contributed by atoms with Crippen molar-refractivity contribution in [3.8, 4) is 5.75 Å². The molecule has 0 spiro atoms. The number of hydrogen-bond donors (Lipinski definition) is 0. The monoisotopic (exact) mass is 302 g/mol. The second-order valence-corrected chi connectivity index (χ2v) is 5.02. The maximum Gasteiger partial charge on any atom is 0.119 e. The average Bonchev–Trinajstić information content (AvgIpc) is 2.27. The summed E-state index contributed by atoms with van der Waals surface area (Å²) >= 11 is 9.45. The molecule has 0 saturated heterocycles. The molecule has 0 aliphatic carbocycles. The summed E-state index contributed by atoms with van der Waals surface area (Å²) in [6.45, 7) is 4.28. The fraction of sp³-hybridized carbons (Fsp3) is 0.385. The molecule has 0 aromatic heterocycles. The van der Waals surface area contributed by atoms with E-state index in [9.17, 15) is 0 Å². The van der Waals surface area contributed by atoms with Crippen molar-refractivity contribution < 1.29 is 4.74 Å². The zero-order chi connectivity index (χ0) is 12.1. The minimum absolute atomic E-state index is 0.454. The molecule has 88 valence electrons. The predicted molar refractivity (Wildman–Crippen MR) is 74.2 cm³/mol. The molecule has 1 rings (SSSR count). The Hall–Kier alpha value is -0.470. The first-order valence-electron chi connectivity index (χ1n) is 5.18. The van der Waals surface area contributed by atoms with E-state index in [0.29, 0.717) is 11.8 Å². The van der Waals surface area contributed by atoms with E-state index >= 15 is 0 Å². The molecule has 3 heteroatoms. The van der Waals surface area contributed by atoms with Gasteiger partial charge in [0.25, 0.3) is 0 Å². The Morgan fingerprint density at radius 2 is 2.19 bits per heavy atom. The van der Waals surface area contributed by atoms with Crippen molar-refractivity contribution in [1.29, 1.82) is 0 Å². The van der Waals surface area contributed by atoms with E-state index in [4.69, 9.17) is 16.3 Å². The van der Waals surface area contributed by atoms with Gasteiger partial charge < -0.3 is 4.74 Å². The van der Waals surface area contributed by atoms with Gasteiger partial charge in [-0.2, -0.15) is 0 Å². The van der Waals surface area contributed by atoms with Gasteiger partial charge in [-0.1, -0.05) is 41.4 Å². The van der Waals surface area contributed by atoms with Crippen LogP contribution in [0.25, 0.3) is 6.08 Å². The lowest BCUT2D eigenvalue weighted by molar-refractivity contribution is 0.414. The summed E-state index contributed by atoms with van der Waals surface area (Å²) in [6.07, 6.45) is 2.12. The van der Waals surface area contributed by atoms with Crippen molar-refractivity contribution in [2.75, 3.05) is 13.0 Å². The van der Waals surface area contributed by atoms with Crippen molar-refractivity contribution in [2.45, 2.75) is 13.8 Å². The summed E-state index contributed by atoms with van der Waals surface area (Å²) in [6, 6.07) is 5.91. The van der Waals surface area contributed by atoms with E-state index in [1.54, 1.807) is 7.11 Å². The standard InChI is InChI=1S/C13H16BrClO/c1-9(2)11(8-15)6-10-7-12(16-3)4-5-13(10)14/h4-7,9H,8H2,1-3H3/b11-6-. The molecule has 1 aromatic carbocycles. The third kappa shape index (κ3) is 3.53. The molecule has 0 atom stereocenters. The predicted octanol–water partition coefficient (Wildman–Crippen LogP) is 4.74. The van der Waals surface area contributed by atoms with Crippen LogP contribution in [0, 0.1) is 5.92 Å². The van der Waals surface area contributed by atoms with Gasteiger partial charge >= 0.3 is 0 Å². The third-order valence-electron chi connectivity index (χ3n) is 2.44. The first-order chi connectivity index (χ1) is 7.58. The van der Waals surface area contributed by atoms with Crippen LogP contribution in [-0.4, -0.2) is 13.0 Å². The molecule has 0 radical (unpaired) electrons. The number of halogens is 2. The number of allylic oxidation sites excluding steroid dienone is 1. The minimum atomic E-state index is 0.454. The van der Waals surface area contributed by atoms with Gasteiger partial charge in [-0.15, -0.1) is 11.6 Å². The quantitative estimate of drug-likeness (QED) is 0.730. The zero-order valence-corrected chi connectivity index (χ0v) is 12.1. The Balaban J connectivity index is 3.11. The van der Waals surface area contributed by atoms with Gasteiger partial charge in [-0.25, -0.2) is 0 Å². The lowest BCUT2D eigenvalue weighted by Crippen LogP contribution is -1.95. The first-order valence-corrected chi connectivity index (χ1v) is 6.51. The maximum atomic E-state index is 5.92. The molecule has 0 aliphatic heterocycles. The summed E-state index contributed by atoms with van der Waals surface area (Å²) in [5, 5.41) is 0. The highest BCUT2D eigenvalue weighted by Crippen LogP contribution is 2.26. The largest absolute Gasteiger partial charge is 0.497 e. The highest BCUT2D eigenvalue weighted by atomic mass is 79.9. The highest BCUT2D eigenvalue weighted by molar-refractivity contribution is 9.10. The van der Waals surface area contributed by atoms with Crippen LogP contribution < -0.4 is 4.74 Å². The lowest BCUT2D eigenvalue weighted by Gasteiger charge is -2.09. The van der Waals surface area contributed by atoms with Crippen LogP contribution >= 0.6 is 27.5 Å². The van der Waals surface area contributed by atoms with E-state index in [1.165, 1.54) is 5.57 Å². The second-order valence-electron chi connectivity index (χ2n) is 3.90. The van der Waals surface area contributed by atoms with Gasteiger partial charge in [0.2, 0.25) is 0 Å². The fourth-order valence-corrected chi connectivity index (χ4v) is 2.07. The van der Waals surface area contributed by atoms with Crippen molar-refractivity contribution >= 4 is 33.6 Å². The van der Waals surface area contributed by atoms with Crippen molar-refractivity contribution in [3.05, 3.63) is 33.8 Å². The van der Waals surface area contributed by atoms with Gasteiger partial charge in [-0.05, 0) is 29.7 Å². The number of rotatable bonds is 4. The summed E-state index contributed by atoms with van der Waals surface area (Å²) < 4.78 is 6.25. The highest BCUT2D eigenvalue weighted by Gasteiger charge is 2.05. The molecule has 0 fully saturated rings. The van der Waals surface area contributed by atoms with E-state index < -0.39 is 0 Å². The maximum absolute atomic E-state index is 5.92. The van der Waals surface area contributed by atoms with Crippen LogP contribution in [0.5, 0.6) is 5.75 Å². The van der Waals surface area contributed by atoms with Crippen molar-refractivity contribution in [3.63, 3.8) is 0 Å². The summed E-state index contributed by atoms with van der Waals surface area (Å²) in [4.78, 5) is 0. The van der Waals surface area contributed by atoms with Gasteiger partial charge in [0.15, 0.2) is 0 Å². The van der Waals surface area contributed by atoms with Crippen LogP contribution in [-0.2, 0) is 0 Å². The van der Waals surface area contributed by atoms with E-state index in [-0.39, 0.29) is 0 Å². The van der Waals surface area contributed by atoms with Crippen LogP contribution in [0.4, 0.5) is 0 Å². The van der Waals surface area contributed by atoms with E-state index in [0.717, 1.165) is 15.8 Å². The van der Waals surface area contributed by atoms with Gasteiger partial charge in [0.05, 0.1) is 7.11 Å². The third-order valence-corrected chi connectivity index (χ3v) is 3.47. The fourth-order valence-electron chi connectivity index (χ4n) is 1.32. The molecule has 1 nitrogen and oxygen atoms in total. The summed E-state index contributed by atoms with van der Waals surface area (Å²) in [5.41, 5.74) is 2.32. The number of benzene rings is 1. The molecule has 0 aliphatic rings. The molecular weight excluding hydrogens is 287 g/mol. The Bertz CT molecular complexity index is 386. The molecule has 16 heavy (non-hydrogen) atoms. The SMILES string of the molecule is COc1ccc(Br)c(/C=C(/CCl)C(C)C)c1. The molecule has 0 N–H and O–H groups in total. The second kappa shape index (κ2) is 6.31. The number of alkyl halides is 1. The summed E-state index contributed by atoms with van der Waals surface area (Å²) in [5.74, 6) is 1.86. The molecule has 0 saturated carbocycles. The normalized spacial score (nSPS) is 12.0. The lowest BCUT2D eigenvalue weighted by atomic mass is 10.0.